The van der Waals surface area contributed by atoms with Crippen LogP contribution in [0.3, 0.4) is 0 Å². The fourth-order valence-electron chi connectivity index (χ4n) is 2.14. The number of carbonyl (C=O) groups excluding carboxylic acids is 2. The Labute approximate surface area is 132 Å². The Morgan fingerprint density at radius 3 is 2.86 bits per heavy atom. The number of aromatic nitrogens is 2. The molecule has 2 aromatic rings. The van der Waals surface area contributed by atoms with Gasteiger partial charge in [-0.05, 0) is 12.1 Å². The lowest BCUT2D eigenvalue weighted by molar-refractivity contribution is -0.132. The molecule has 0 spiro atoms. The molecular formula is C15H16N4O2S. The number of thioether (sulfide) groups is 1. The number of nitrogens with one attached hydrogen (secondary N) is 1. The maximum Gasteiger partial charge on any atom is 0.239 e. The molecule has 0 saturated carbocycles. The number of para-hydroxylation sites is 1. The smallest absolute Gasteiger partial charge is 0.239 e. The van der Waals surface area contributed by atoms with Gasteiger partial charge in [0.1, 0.15) is 6.54 Å². The fourth-order valence-corrected chi connectivity index (χ4v) is 3.05. The molecule has 22 heavy (non-hydrogen) atoms. The van der Waals surface area contributed by atoms with Crippen LogP contribution in [0.15, 0.2) is 42.7 Å². The van der Waals surface area contributed by atoms with Crippen molar-refractivity contribution in [1.29, 1.82) is 0 Å². The summed E-state index contributed by atoms with van der Waals surface area (Å²) in [7, 11) is 0. The summed E-state index contributed by atoms with van der Waals surface area (Å²) < 4.78 is 1.77. The van der Waals surface area contributed by atoms with Crippen LogP contribution >= 0.6 is 11.8 Å². The Morgan fingerprint density at radius 1 is 1.32 bits per heavy atom. The first kappa shape index (κ1) is 14.6. The van der Waals surface area contributed by atoms with Gasteiger partial charge >= 0.3 is 0 Å². The molecule has 114 valence electrons. The number of benzene rings is 1. The van der Waals surface area contributed by atoms with Crippen molar-refractivity contribution in [1.82, 2.24) is 20.0 Å². The summed E-state index contributed by atoms with van der Waals surface area (Å²) in [5, 5.41) is 7.09. The molecule has 3 rings (SSSR count). The molecule has 0 aliphatic carbocycles. The molecule has 1 aliphatic heterocycles. The van der Waals surface area contributed by atoms with Gasteiger partial charge in [-0.1, -0.05) is 18.2 Å². The van der Waals surface area contributed by atoms with E-state index in [-0.39, 0.29) is 18.4 Å². The third-order valence-electron chi connectivity index (χ3n) is 3.31. The van der Waals surface area contributed by atoms with E-state index in [1.807, 2.05) is 36.5 Å². The molecular weight excluding hydrogens is 300 g/mol. The van der Waals surface area contributed by atoms with Crippen LogP contribution in [-0.4, -0.2) is 44.7 Å². The zero-order valence-corrected chi connectivity index (χ0v) is 12.8. The van der Waals surface area contributed by atoms with E-state index in [2.05, 4.69) is 10.4 Å². The predicted molar refractivity (Wildman–Crippen MR) is 84.4 cm³/mol. The lowest BCUT2D eigenvalue weighted by Gasteiger charge is -2.13. The molecule has 1 aliphatic rings. The molecule has 1 fully saturated rings. The molecule has 1 aromatic heterocycles. The molecule has 0 unspecified atom stereocenters. The van der Waals surface area contributed by atoms with E-state index in [0.717, 1.165) is 11.3 Å². The zero-order valence-electron chi connectivity index (χ0n) is 11.9. The lowest BCUT2D eigenvalue weighted by Crippen LogP contribution is -2.37. The minimum Gasteiger partial charge on any atom is -0.350 e. The molecule has 1 aromatic carbocycles. The molecule has 0 bridgehead atoms. The Hall–Kier alpha value is -2.28. The van der Waals surface area contributed by atoms with E-state index < -0.39 is 0 Å². The van der Waals surface area contributed by atoms with Crippen molar-refractivity contribution < 1.29 is 9.59 Å². The number of rotatable bonds is 5. The van der Waals surface area contributed by atoms with E-state index in [1.165, 1.54) is 11.8 Å². The summed E-state index contributed by atoms with van der Waals surface area (Å²) in [6.45, 7) is 0.527. The molecule has 7 heteroatoms. The highest BCUT2D eigenvalue weighted by atomic mass is 32.2. The van der Waals surface area contributed by atoms with E-state index in [4.69, 9.17) is 0 Å². The van der Waals surface area contributed by atoms with Gasteiger partial charge in [-0.2, -0.15) is 5.10 Å². The SMILES string of the molecule is O=C(CN1CSCC1=O)NCc1cnn(-c2ccccc2)c1. The second-order valence-electron chi connectivity index (χ2n) is 4.97. The van der Waals surface area contributed by atoms with E-state index in [9.17, 15) is 9.59 Å². The van der Waals surface area contributed by atoms with Gasteiger partial charge < -0.3 is 10.2 Å². The number of hydrogen-bond donors (Lipinski definition) is 1. The second kappa shape index (κ2) is 6.65. The minimum absolute atomic E-state index is 0.0250. The van der Waals surface area contributed by atoms with Gasteiger partial charge in [-0.15, -0.1) is 11.8 Å². The maximum atomic E-state index is 11.9. The van der Waals surface area contributed by atoms with Crippen molar-refractivity contribution in [2.24, 2.45) is 0 Å². The lowest BCUT2D eigenvalue weighted by atomic mass is 10.3. The van der Waals surface area contributed by atoms with Gasteiger partial charge in [0.2, 0.25) is 11.8 Å². The number of nitrogens with zero attached hydrogens (tertiary/aromatic N) is 3. The average molecular weight is 316 g/mol. The molecule has 6 nitrogen and oxygen atoms in total. The summed E-state index contributed by atoms with van der Waals surface area (Å²) in [5.74, 6) is 0.940. The van der Waals surface area contributed by atoms with Crippen molar-refractivity contribution in [3.05, 3.63) is 48.3 Å². The number of carbonyl (C=O) groups is 2. The van der Waals surface area contributed by atoms with Crippen LogP contribution in [0.1, 0.15) is 5.56 Å². The normalized spacial score (nSPS) is 14.4. The highest BCUT2D eigenvalue weighted by Crippen LogP contribution is 2.14. The van der Waals surface area contributed by atoms with Gasteiger partial charge in [0.05, 0.1) is 23.5 Å². The van der Waals surface area contributed by atoms with Crippen LogP contribution in [-0.2, 0) is 16.1 Å². The van der Waals surface area contributed by atoms with Gasteiger partial charge in [-0.25, -0.2) is 4.68 Å². The summed E-state index contributed by atoms with van der Waals surface area (Å²) in [4.78, 5) is 24.9. The Kier molecular flexibility index (Phi) is 4.43. The molecule has 1 N–H and O–H groups in total. The molecule has 0 radical (unpaired) electrons. The first-order chi connectivity index (χ1) is 10.7. The van der Waals surface area contributed by atoms with E-state index in [1.54, 1.807) is 15.8 Å². The van der Waals surface area contributed by atoms with Crippen LogP contribution in [0.25, 0.3) is 5.69 Å². The predicted octanol–water partition coefficient (Wildman–Crippen LogP) is 1.02. The zero-order chi connectivity index (χ0) is 15.4. The van der Waals surface area contributed by atoms with E-state index in [0.29, 0.717) is 18.2 Å². The largest absolute Gasteiger partial charge is 0.350 e. The summed E-state index contributed by atoms with van der Waals surface area (Å²) in [6, 6.07) is 9.77. The highest BCUT2D eigenvalue weighted by Gasteiger charge is 2.22. The summed E-state index contributed by atoms with van der Waals surface area (Å²) >= 11 is 1.53. The first-order valence-corrected chi connectivity index (χ1v) is 8.09. The number of hydrogen-bond acceptors (Lipinski definition) is 4. The Morgan fingerprint density at radius 2 is 2.14 bits per heavy atom. The van der Waals surface area contributed by atoms with Crippen molar-refractivity contribution in [3.63, 3.8) is 0 Å². The fraction of sp³-hybridized carbons (Fsp3) is 0.267. The minimum atomic E-state index is -0.150. The van der Waals surface area contributed by atoms with Gasteiger partial charge in [-0.3, -0.25) is 9.59 Å². The van der Waals surface area contributed by atoms with Crippen LogP contribution in [0.4, 0.5) is 0 Å². The average Bonchev–Trinajstić information content (AvgIpc) is 3.16. The van der Waals surface area contributed by atoms with Crippen molar-refractivity contribution in [2.75, 3.05) is 18.2 Å². The van der Waals surface area contributed by atoms with Crippen LogP contribution in [0.5, 0.6) is 0 Å². The topological polar surface area (TPSA) is 67.2 Å². The second-order valence-corrected chi connectivity index (χ2v) is 5.93. The van der Waals surface area contributed by atoms with Crippen LogP contribution < -0.4 is 5.32 Å². The Bertz CT molecular complexity index is 671. The monoisotopic (exact) mass is 316 g/mol. The third-order valence-corrected chi connectivity index (χ3v) is 4.25. The summed E-state index contributed by atoms with van der Waals surface area (Å²) in [6.07, 6.45) is 3.61. The molecule has 2 heterocycles. The molecule has 2 amide bonds. The Balaban J connectivity index is 1.52. The van der Waals surface area contributed by atoms with Gasteiger partial charge in [0, 0.05) is 18.3 Å². The van der Waals surface area contributed by atoms with Crippen molar-refractivity contribution >= 4 is 23.6 Å². The molecule has 0 atom stereocenters. The maximum absolute atomic E-state index is 11.9. The van der Waals surface area contributed by atoms with Gasteiger partial charge in [0.25, 0.3) is 0 Å². The standard InChI is InChI=1S/C15H16N4O2S/c20-14(9-18-11-22-10-15(18)21)16-6-12-7-17-19(8-12)13-4-2-1-3-5-13/h1-5,7-8H,6,9-11H2,(H,16,20). The van der Waals surface area contributed by atoms with Crippen LogP contribution in [0, 0.1) is 0 Å². The number of amides is 2. The van der Waals surface area contributed by atoms with Crippen molar-refractivity contribution in [2.45, 2.75) is 6.54 Å². The first-order valence-electron chi connectivity index (χ1n) is 6.93. The van der Waals surface area contributed by atoms with Gasteiger partial charge in [0.15, 0.2) is 0 Å². The quantitative estimate of drug-likeness (QED) is 0.894. The van der Waals surface area contributed by atoms with Crippen molar-refractivity contribution in [3.8, 4) is 5.69 Å². The summed E-state index contributed by atoms with van der Waals surface area (Å²) in [5.41, 5.74) is 1.89. The van der Waals surface area contributed by atoms with Crippen LogP contribution in [0.2, 0.25) is 0 Å². The third kappa shape index (κ3) is 3.48. The molecule has 1 saturated heterocycles. The van der Waals surface area contributed by atoms with E-state index >= 15 is 0 Å². The highest BCUT2D eigenvalue weighted by molar-refractivity contribution is 8.00.